The molecule has 0 N–H and O–H groups in total. The molecule has 0 amide bonds. The molecule has 30 heavy (non-hydrogen) atoms. The fourth-order valence-electron chi connectivity index (χ4n) is 2.55. The van der Waals surface area contributed by atoms with E-state index in [4.69, 9.17) is 4.74 Å². The molecule has 0 aliphatic heterocycles. The number of carboxylic acids is 1. The third-order valence-corrected chi connectivity index (χ3v) is 8.37. The number of aliphatic imine (C=N–C) groups is 1. The Bertz CT molecular complexity index is 759. The number of benzene rings is 2. The molecule has 2 rings (SSSR count). The van der Waals surface area contributed by atoms with Crippen molar-refractivity contribution in [2.75, 3.05) is 7.11 Å². The first kappa shape index (κ1) is 26.0. The number of carbonyl (C=O) groups is 1. The van der Waals surface area contributed by atoms with Crippen molar-refractivity contribution in [1.82, 2.24) is 0 Å². The van der Waals surface area contributed by atoms with Crippen LogP contribution in [0.5, 0.6) is 11.5 Å². The second kappa shape index (κ2) is 15.8. The van der Waals surface area contributed by atoms with Gasteiger partial charge in [0.05, 0.1) is 13.1 Å². The molecule has 0 aliphatic rings. The Morgan fingerprint density at radius 2 is 1.73 bits per heavy atom. The number of hydrogen-bond acceptors (Lipinski definition) is 5. The maximum absolute atomic E-state index is 11.8. The molecule has 2 aromatic rings. The van der Waals surface area contributed by atoms with Crippen LogP contribution in [0.4, 0.5) is 0 Å². The summed E-state index contributed by atoms with van der Waals surface area (Å²) in [6.07, 6.45) is 7.08. The number of nitrogens with zero attached hydrogens (tertiary/aromatic N) is 1. The van der Waals surface area contributed by atoms with Crippen LogP contribution in [-0.2, 0) is 4.79 Å². The fourth-order valence-corrected chi connectivity index (χ4v) is 6.71. The van der Waals surface area contributed by atoms with Crippen LogP contribution in [0.2, 0.25) is 8.87 Å². The molecular weight excluding hydrogens is 485 g/mol. The average molecular weight is 516 g/mol. The molecule has 0 saturated heterocycles. The van der Waals surface area contributed by atoms with Crippen LogP contribution < -0.4 is 14.9 Å². The van der Waals surface area contributed by atoms with Gasteiger partial charge in [0.1, 0.15) is 11.8 Å². The summed E-state index contributed by atoms with van der Waals surface area (Å²) in [6.45, 7) is 4.58. The Labute approximate surface area is 190 Å². The normalized spacial score (nSPS) is 11.3. The van der Waals surface area contributed by atoms with Gasteiger partial charge in [-0.25, -0.2) is 0 Å². The zero-order valence-electron chi connectivity index (χ0n) is 18.1. The van der Waals surface area contributed by atoms with Gasteiger partial charge in [-0.1, -0.05) is 42.1 Å². The summed E-state index contributed by atoms with van der Waals surface area (Å²) in [7, 11) is 1.46. The summed E-state index contributed by atoms with van der Waals surface area (Å²) in [6, 6.07) is 11.8. The van der Waals surface area contributed by atoms with E-state index in [1.54, 1.807) is 45.3 Å². The van der Waals surface area contributed by atoms with E-state index < -0.39 is 12.0 Å². The molecule has 0 bridgehead atoms. The van der Waals surface area contributed by atoms with E-state index in [-0.39, 0.29) is 32.5 Å². The van der Waals surface area contributed by atoms with E-state index in [0.717, 1.165) is 0 Å². The van der Waals surface area contributed by atoms with Gasteiger partial charge >= 0.3 is 69.5 Å². The number of ether oxygens (including phenoxy) is 1. The minimum absolute atomic E-state index is 0.149. The molecule has 160 valence electrons. The summed E-state index contributed by atoms with van der Waals surface area (Å²) in [5.74, 6) is -1.17. The molecule has 0 heterocycles. The van der Waals surface area contributed by atoms with Crippen LogP contribution in [0.3, 0.4) is 0 Å². The van der Waals surface area contributed by atoms with Crippen molar-refractivity contribution in [1.29, 1.82) is 0 Å². The Kier molecular flexibility index (Phi) is 13.7. The maximum Gasteiger partial charge on any atom is 0.118 e. The van der Waals surface area contributed by atoms with Crippen LogP contribution in [0.15, 0.2) is 53.5 Å². The topological polar surface area (TPSA) is 84.8 Å². The van der Waals surface area contributed by atoms with Gasteiger partial charge in [0.2, 0.25) is 0 Å². The average Bonchev–Trinajstić information content (AvgIpc) is 2.76. The summed E-state index contributed by atoms with van der Waals surface area (Å²) < 4.78 is 8.18. The van der Waals surface area contributed by atoms with E-state index in [1.807, 2.05) is 0 Å². The Morgan fingerprint density at radius 3 is 2.23 bits per heavy atom. The number of aliphatic carboxylic acids is 1. The standard InChI is InChI=1S/C16H15NO4.2C4H9.Sn/c1-21-13-8-7-12(14(18)9-13)10-17-15(16(19)20)11-5-3-2-4-6-11;2*1-3-4-2;/h2-10,15,18H,1H3,(H,19,20);2*1,3-4H2,2H3;/q;;;+2/p-2/t15-;;;/m0.../s1. The molecular formula is C24H31NO4Sn. The van der Waals surface area contributed by atoms with E-state index in [9.17, 15) is 15.0 Å². The maximum atomic E-state index is 11.8. The number of rotatable bonds is 11. The second-order valence-corrected chi connectivity index (χ2v) is 11.1. The van der Waals surface area contributed by atoms with Gasteiger partial charge in [-0.15, -0.1) is 0 Å². The van der Waals surface area contributed by atoms with E-state index >= 15 is 0 Å². The third kappa shape index (κ3) is 10.1. The number of hydrogen-bond donors (Lipinski definition) is 0. The van der Waals surface area contributed by atoms with Gasteiger partial charge in [-0.05, 0) is 23.3 Å². The van der Waals surface area contributed by atoms with Crippen molar-refractivity contribution in [2.45, 2.75) is 54.4 Å². The molecule has 5 nitrogen and oxygen atoms in total. The van der Waals surface area contributed by atoms with Crippen LogP contribution in [-0.4, -0.2) is 40.4 Å². The minimum atomic E-state index is -1.32. The Morgan fingerprint density at radius 1 is 1.10 bits per heavy atom. The molecule has 0 aromatic heterocycles. The zero-order chi connectivity index (χ0) is 22.2. The summed E-state index contributed by atoms with van der Waals surface area (Å²) in [5, 5.41) is 23.0. The minimum Gasteiger partial charge on any atom is -0.872 e. The van der Waals surface area contributed by atoms with Gasteiger partial charge in [0.25, 0.3) is 0 Å². The predicted molar refractivity (Wildman–Crippen MR) is 119 cm³/mol. The smallest absolute Gasteiger partial charge is 0.118 e. The van der Waals surface area contributed by atoms with Crippen molar-refractivity contribution >= 4 is 33.3 Å². The molecule has 0 unspecified atom stereocenters. The predicted octanol–water partition coefficient (Wildman–Crippen LogP) is 3.81. The Hall–Kier alpha value is -2.02. The van der Waals surface area contributed by atoms with Crippen LogP contribution >= 0.6 is 0 Å². The van der Waals surface area contributed by atoms with Crippen LogP contribution in [0.1, 0.15) is 56.7 Å². The molecule has 6 heteroatoms. The van der Waals surface area contributed by atoms with E-state index in [0.29, 0.717) is 11.3 Å². The van der Waals surface area contributed by atoms with Crippen molar-refractivity contribution < 1.29 is 19.7 Å². The molecule has 0 radical (unpaired) electrons. The quantitative estimate of drug-likeness (QED) is 0.259. The monoisotopic (exact) mass is 517 g/mol. The SMILES string of the molecule is CCC[CH2][Sn+2][CH2]CCC.COc1ccc(C=N[C@H](C(=O)[O-])c2ccccc2)c([O-])c1. The number of methoxy groups -OCH3 is 1. The summed E-state index contributed by atoms with van der Waals surface area (Å²) >= 11 is 0.149. The molecule has 0 spiro atoms. The van der Waals surface area contributed by atoms with Crippen molar-refractivity contribution in [3.8, 4) is 11.5 Å². The molecule has 0 saturated carbocycles. The summed E-state index contributed by atoms with van der Waals surface area (Å²) in [4.78, 5) is 15.1. The first-order chi connectivity index (χ1) is 14.5. The van der Waals surface area contributed by atoms with Gasteiger partial charge < -0.3 is 19.7 Å². The van der Waals surface area contributed by atoms with Gasteiger partial charge in [0, 0.05) is 6.21 Å². The number of carbonyl (C=O) groups excluding carboxylic acids is 1. The van der Waals surface area contributed by atoms with Crippen molar-refractivity contribution in [2.24, 2.45) is 4.99 Å². The van der Waals surface area contributed by atoms with Crippen LogP contribution in [0.25, 0.3) is 0 Å². The molecule has 2 aromatic carbocycles. The van der Waals surface area contributed by atoms with E-state index in [2.05, 4.69) is 18.8 Å². The number of unbranched alkanes of at least 4 members (excludes halogenated alkanes) is 2. The second-order valence-electron chi connectivity index (χ2n) is 6.77. The van der Waals surface area contributed by atoms with Crippen molar-refractivity contribution in [3.05, 3.63) is 59.7 Å². The first-order valence-corrected chi connectivity index (χ1v) is 14.4. The molecule has 0 aliphatic carbocycles. The summed E-state index contributed by atoms with van der Waals surface area (Å²) in [5.41, 5.74) is 0.785. The molecule has 0 fully saturated rings. The largest absolute Gasteiger partial charge is 0.872 e. The van der Waals surface area contributed by atoms with Crippen LogP contribution in [0, 0.1) is 0 Å². The zero-order valence-corrected chi connectivity index (χ0v) is 21.0. The Balaban J connectivity index is 0.000000424. The fraction of sp³-hybridized carbons (Fsp3) is 0.417. The van der Waals surface area contributed by atoms with E-state index in [1.165, 1.54) is 51.1 Å². The first-order valence-electron chi connectivity index (χ1n) is 10.4. The third-order valence-electron chi connectivity index (χ3n) is 4.34. The van der Waals surface area contributed by atoms with Gasteiger partial charge in [-0.2, -0.15) is 0 Å². The molecule has 1 atom stereocenters. The van der Waals surface area contributed by atoms with Crippen molar-refractivity contribution in [3.63, 3.8) is 0 Å². The van der Waals surface area contributed by atoms with Gasteiger partial charge in [0.15, 0.2) is 0 Å². The number of carboxylic acid groups (broad SMARTS) is 1. The van der Waals surface area contributed by atoms with Gasteiger partial charge in [-0.3, -0.25) is 4.99 Å².